The minimum atomic E-state index is -5.97. The first-order valence-electron chi connectivity index (χ1n) is 4.26. The second kappa shape index (κ2) is 4.69. The molecule has 0 bridgehead atoms. The van der Waals surface area contributed by atoms with Crippen molar-refractivity contribution in [2.24, 2.45) is 0 Å². The summed E-state index contributed by atoms with van der Waals surface area (Å²) in [4.78, 5) is 10.3. The molecule has 0 saturated heterocycles. The summed E-state index contributed by atoms with van der Waals surface area (Å²) in [5.41, 5.74) is 0. The molecule has 0 radical (unpaired) electrons. The van der Waals surface area contributed by atoms with Gasteiger partial charge in [0, 0.05) is 6.92 Å². The van der Waals surface area contributed by atoms with Crippen molar-refractivity contribution in [3.8, 4) is 0 Å². The predicted molar refractivity (Wildman–Crippen MR) is 42.0 cm³/mol. The number of esters is 1. The van der Waals surface area contributed by atoms with Crippen LogP contribution in [0.4, 0.5) is 30.7 Å². The van der Waals surface area contributed by atoms with Gasteiger partial charge in [-0.15, -0.1) is 0 Å². The van der Waals surface area contributed by atoms with Crippen LogP contribution in [0.1, 0.15) is 13.8 Å². The van der Waals surface area contributed by atoms with Gasteiger partial charge in [0.1, 0.15) is 0 Å². The molecule has 102 valence electrons. The van der Waals surface area contributed by atoms with E-state index in [0.717, 1.165) is 0 Å². The Morgan fingerprint density at radius 3 is 1.88 bits per heavy atom. The van der Waals surface area contributed by atoms with Gasteiger partial charge in [0.05, 0.1) is 0 Å². The van der Waals surface area contributed by atoms with Crippen LogP contribution in [-0.2, 0) is 9.53 Å². The molecule has 0 aliphatic carbocycles. The van der Waals surface area contributed by atoms with Crippen LogP contribution in [0.2, 0.25) is 0 Å². The smallest absolute Gasteiger partial charge is 0.378 e. The number of alkyl halides is 7. The molecule has 0 amide bonds. The van der Waals surface area contributed by atoms with Crippen molar-refractivity contribution in [1.29, 1.82) is 0 Å². The molecule has 0 heterocycles. The third-order valence-electron chi connectivity index (χ3n) is 1.90. The Morgan fingerprint density at radius 1 is 1.18 bits per heavy atom. The molecule has 1 unspecified atom stereocenters. The molecule has 0 rings (SSSR count). The number of hydrogen-bond acceptors (Lipinski definition) is 2. The van der Waals surface area contributed by atoms with Crippen molar-refractivity contribution in [1.82, 2.24) is 0 Å². The molecule has 1 atom stereocenters. The first-order chi connectivity index (χ1) is 7.40. The summed E-state index contributed by atoms with van der Waals surface area (Å²) < 4.78 is 91.6. The molecule has 0 aromatic rings. The van der Waals surface area contributed by atoms with E-state index >= 15 is 0 Å². The molecule has 0 aromatic heterocycles. The lowest BCUT2D eigenvalue weighted by atomic mass is 10.0. The monoisotopic (exact) mass is 270 g/mol. The fourth-order valence-corrected chi connectivity index (χ4v) is 0.906. The molecule has 0 aliphatic heterocycles. The first-order valence-corrected chi connectivity index (χ1v) is 4.26. The van der Waals surface area contributed by atoms with Crippen LogP contribution in [0, 0.1) is 0 Å². The van der Waals surface area contributed by atoms with Crippen LogP contribution in [0.15, 0.2) is 0 Å². The summed E-state index contributed by atoms with van der Waals surface area (Å²) in [7, 11) is 0. The average Bonchev–Trinajstić information content (AvgIpc) is 2.15. The lowest BCUT2D eigenvalue weighted by molar-refractivity contribution is -0.333. The van der Waals surface area contributed by atoms with E-state index in [0.29, 0.717) is 13.8 Å². The summed E-state index contributed by atoms with van der Waals surface area (Å²) in [6.45, 7) is -2.01. The van der Waals surface area contributed by atoms with Gasteiger partial charge in [-0.1, -0.05) is 0 Å². The second-order valence-corrected chi connectivity index (χ2v) is 3.29. The Kier molecular flexibility index (Phi) is 4.41. The summed E-state index contributed by atoms with van der Waals surface area (Å²) >= 11 is 0. The fourth-order valence-electron chi connectivity index (χ4n) is 0.906. The van der Waals surface area contributed by atoms with Gasteiger partial charge in [0.15, 0.2) is 12.8 Å². The molecular weight excluding hydrogens is 261 g/mol. The number of carbonyl (C=O) groups excluding carboxylic acids is 1. The zero-order valence-electron chi connectivity index (χ0n) is 8.75. The Balaban J connectivity index is 5.21. The Hall–Kier alpha value is -1.02. The van der Waals surface area contributed by atoms with Gasteiger partial charge in [-0.2, -0.15) is 26.3 Å². The molecule has 0 aliphatic rings. The number of carbonyl (C=O) groups is 1. The minimum absolute atomic E-state index is 0.309. The topological polar surface area (TPSA) is 26.3 Å². The fraction of sp³-hybridized carbons (Fsp3) is 0.875. The highest BCUT2D eigenvalue weighted by molar-refractivity contribution is 5.66. The molecule has 9 heteroatoms. The van der Waals surface area contributed by atoms with Crippen molar-refractivity contribution < 1.29 is 40.3 Å². The Morgan fingerprint density at radius 2 is 1.59 bits per heavy atom. The zero-order chi connectivity index (χ0) is 14.1. The highest BCUT2D eigenvalue weighted by Gasteiger charge is 2.74. The van der Waals surface area contributed by atoms with Crippen molar-refractivity contribution in [2.45, 2.75) is 37.7 Å². The van der Waals surface area contributed by atoms with Gasteiger partial charge < -0.3 is 4.74 Å². The van der Waals surface area contributed by atoms with Crippen LogP contribution in [0.3, 0.4) is 0 Å². The van der Waals surface area contributed by atoms with E-state index in [-0.39, 0.29) is 0 Å². The molecule has 2 nitrogen and oxygen atoms in total. The van der Waals surface area contributed by atoms with E-state index in [1.54, 1.807) is 0 Å². The van der Waals surface area contributed by atoms with E-state index in [1.165, 1.54) is 0 Å². The standard InChI is InChI=1S/C8H9F7O2/c1-4(17-5(2)16)7(12,13)8(14,15)6(10,11)3-9/h4H,3H2,1-2H3. The summed E-state index contributed by atoms with van der Waals surface area (Å²) in [6, 6.07) is 0. The molecular formula is C8H9F7O2. The van der Waals surface area contributed by atoms with E-state index in [9.17, 15) is 35.5 Å². The molecule has 0 aromatic carbocycles. The maximum atomic E-state index is 13.0. The summed E-state index contributed by atoms with van der Waals surface area (Å²) in [6.07, 6.45) is -2.81. The maximum Gasteiger partial charge on any atom is 0.378 e. The molecule has 0 N–H and O–H groups in total. The van der Waals surface area contributed by atoms with Crippen molar-refractivity contribution in [3.63, 3.8) is 0 Å². The number of rotatable bonds is 5. The van der Waals surface area contributed by atoms with Crippen LogP contribution >= 0.6 is 0 Å². The number of hydrogen-bond donors (Lipinski definition) is 0. The third kappa shape index (κ3) is 2.81. The maximum absolute atomic E-state index is 13.0. The lowest BCUT2D eigenvalue weighted by Crippen LogP contribution is -2.60. The van der Waals surface area contributed by atoms with Crippen molar-refractivity contribution in [3.05, 3.63) is 0 Å². The number of halogens is 7. The van der Waals surface area contributed by atoms with Gasteiger partial charge in [-0.25, -0.2) is 4.39 Å². The van der Waals surface area contributed by atoms with Crippen LogP contribution in [0.5, 0.6) is 0 Å². The van der Waals surface area contributed by atoms with E-state index in [1.807, 2.05) is 0 Å². The predicted octanol–water partition coefficient (Wildman–Crippen LogP) is 2.81. The van der Waals surface area contributed by atoms with E-state index < -0.39 is 36.5 Å². The highest BCUT2D eigenvalue weighted by atomic mass is 19.3. The van der Waals surface area contributed by atoms with Gasteiger partial charge >= 0.3 is 23.7 Å². The lowest BCUT2D eigenvalue weighted by Gasteiger charge is -2.34. The summed E-state index contributed by atoms with van der Waals surface area (Å²) in [5, 5.41) is 0. The first kappa shape index (κ1) is 16.0. The highest BCUT2D eigenvalue weighted by Crippen LogP contribution is 2.48. The SMILES string of the molecule is CC(=O)OC(C)C(F)(F)C(F)(F)C(F)(F)CF. The van der Waals surface area contributed by atoms with Gasteiger partial charge in [0.25, 0.3) is 0 Å². The van der Waals surface area contributed by atoms with Crippen LogP contribution in [-0.4, -0.2) is 36.5 Å². The minimum Gasteiger partial charge on any atom is -0.456 e. The third-order valence-corrected chi connectivity index (χ3v) is 1.90. The zero-order valence-corrected chi connectivity index (χ0v) is 8.75. The van der Waals surface area contributed by atoms with Crippen LogP contribution in [0.25, 0.3) is 0 Å². The molecule has 0 spiro atoms. The van der Waals surface area contributed by atoms with E-state index in [4.69, 9.17) is 0 Å². The van der Waals surface area contributed by atoms with Crippen molar-refractivity contribution >= 4 is 5.97 Å². The summed E-state index contributed by atoms with van der Waals surface area (Å²) in [5.74, 6) is -18.3. The Bertz CT molecular complexity index is 290. The molecule has 0 saturated carbocycles. The van der Waals surface area contributed by atoms with E-state index in [2.05, 4.69) is 4.74 Å². The van der Waals surface area contributed by atoms with Crippen molar-refractivity contribution in [2.75, 3.05) is 6.67 Å². The normalized spacial score (nSPS) is 15.6. The average molecular weight is 270 g/mol. The van der Waals surface area contributed by atoms with Gasteiger partial charge in [-0.3, -0.25) is 4.79 Å². The molecule has 17 heavy (non-hydrogen) atoms. The van der Waals surface area contributed by atoms with Gasteiger partial charge in [0.2, 0.25) is 0 Å². The largest absolute Gasteiger partial charge is 0.456 e. The number of ether oxygens (including phenoxy) is 1. The quantitative estimate of drug-likeness (QED) is 0.567. The molecule has 0 fully saturated rings. The van der Waals surface area contributed by atoms with Crippen LogP contribution < -0.4 is 0 Å². The Labute approximate surface area is 91.7 Å². The van der Waals surface area contributed by atoms with Gasteiger partial charge in [-0.05, 0) is 6.92 Å². The second-order valence-electron chi connectivity index (χ2n) is 3.29.